The minimum absolute atomic E-state index is 0.0667. The molecule has 44 heavy (non-hydrogen) atoms. The van der Waals surface area contributed by atoms with Gasteiger partial charge in [-0.1, -0.05) is 66.8 Å². The van der Waals surface area contributed by atoms with Crippen LogP contribution >= 0.6 is 0 Å². The third-order valence-corrected chi connectivity index (χ3v) is 9.06. The van der Waals surface area contributed by atoms with E-state index in [2.05, 4.69) is 5.32 Å². The first kappa shape index (κ1) is 29.8. The molecule has 2 aromatic rings. The number of carbonyl (C=O) groups is 4. The second-order valence-electron chi connectivity index (χ2n) is 11.9. The van der Waals surface area contributed by atoms with E-state index < -0.39 is 47.4 Å². The number of aliphatic hydroxyl groups excluding tert-OH is 1. The molecule has 2 N–H and O–H groups in total. The lowest BCUT2D eigenvalue weighted by atomic mass is 9.77. The van der Waals surface area contributed by atoms with Crippen molar-refractivity contribution >= 4 is 29.4 Å². The molecule has 2 fully saturated rings. The van der Waals surface area contributed by atoms with Crippen LogP contribution in [0.5, 0.6) is 0 Å². The van der Waals surface area contributed by atoms with Crippen LogP contribution in [-0.2, 0) is 28.7 Å². The summed E-state index contributed by atoms with van der Waals surface area (Å²) in [6, 6.07) is 13.3. The molecule has 0 aliphatic carbocycles. The van der Waals surface area contributed by atoms with E-state index in [1.165, 1.54) is 4.90 Å². The molecule has 2 saturated heterocycles. The molecule has 0 aromatic heterocycles. The first-order chi connectivity index (χ1) is 21.2. The van der Waals surface area contributed by atoms with Crippen molar-refractivity contribution in [2.45, 2.75) is 50.5 Å². The van der Waals surface area contributed by atoms with Crippen molar-refractivity contribution in [1.29, 1.82) is 0 Å². The summed E-state index contributed by atoms with van der Waals surface area (Å²) in [5, 5.41) is 13.0. The highest BCUT2D eigenvalue weighted by molar-refractivity contribution is 6.06. The van der Waals surface area contributed by atoms with Crippen molar-refractivity contribution in [1.82, 2.24) is 10.2 Å². The lowest BCUT2D eigenvalue weighted by molar-refractivity contribution is -0.146. The molecule has 3 amide bonds. The average molecular weight is 600 g/mol. The molecule has 10 heteroatoms. The molecular weight excluding hydrogens is 562 g/mol. The maximum absolute atomic E-state index is 14.5. The number of esters is 1. The van der Waals surface area contributed by atoms with Gasteiger partial charge in [-0.3, -0.25) is 19.2 Å². The Balaban J connectivity index is 1.43. The van der Waals surface area contributed by atoms with Gasteiger partial charge in [0.15, 0.2) is 0 Å². The third kappa shape index (κ3) is 5.11. The average Bonchev–Trinajstić information content (AvgIpc) is 3.39. The Hall–Kier alpha value is -4.28. The SMILES string of the molecule is Cc1ccc(C)c(N2CC=C[C@]34O[C@@H]5/C=C\CCC(=O)OC[C@@H](c6ccccc6)NC(=O)[C@@H]5[C@H]3C(=O)N(CCO)[C@@H]4C2=O)c1. The molecular formula is C34H37N3O7. The number of carbonyl (C=O) groups excluding carboxylic acids is 4. The summed E-state index contributed by atoms with van der Waals surface area (Å²) in [4.78, 5) is 58.5. The van der Waals surface area contributed by atoms with Gasteiger partial charge in [0.05, 0.1) is 30.6 Å². The lowest BCUT2D eigenvalue weighted by Crippen LogP contribution is -2.55. The summed E-state index contributed by atoms with van der Waals surface area (Å²) < 4.78 is 12.2. The minimum atomic E-state index is -1.44. The van der Waals surface area contributed by atoms with E-state index in [0.29, 0.717) is 6.42 Å². The number of aliphatic hydroxyl groups is 1. The molecule has 0 bridgehead atoms. The molecule has 6 atom stereocenters. The summed E-state index contributed by atoms with van der Waals surface area (Å²) in [5.41, 5.74) is 1.93. The van der Waals surface area contributed by atoms with Gasteiger partial charge in [0.1, 0.15) is 18.2 Å². The fraction of sp³-hybridized carbons (Fsp3) is 0.412. The van der Waals surface area contributed by atoms with Crippen LogP contribution in [0.15, 0.2) is 72.8 Å². The zero-order chi connectivity index (χ0) is 31.0. The van der Waals surface area contributed by atoms with E-state index in [1.807, 2.05) is 68.5 Å². The largest absolute Gasteiger partial charge is 0.463 e. The van der Waals surface area contributed by atoms with Crippen molar-refractivity contribution < 1.29 is 33.8 Å². The van der Waals surface area contributed by atoms with Crippen molar-refractivity contribution in [3.8, 4) is 0 Å². The Morgan fingerprint density at radius 3 is 2.59 bits per heavy atom. The van der Waals surface area contributed by atoms with Gasteiger partial charge in [-0.2, -0.15) is 0 Å². The monoisotopic (exact) mass is 599 g/mol. The van der Waals surface area contributed by atoms with Crippen molar-refractivity contribution in [3.63, 3.8) is 0 Å². The number of hydrogen-bond acceptors (Lipinski definition) is 7. The van der Waals surface area contributed by atoms with E-state index in [0.717, 1.165) is 22.4 Å². The fourth-order valence-electron chi connectivity index (χ4n) is 7.01. The van der Waals surface area contributed by atoms with Crippen LogP contribution in [0, 0.1) is 25.7 Å². The van der Waals surface area contributed by atoms with Crippen molar-refractivity contribution in [2.75, 3.05) is 31.2 Å². The Bertz CT molecular complexity index is 1520. The molecule has 6 rings (SSSR count). The van der Waals surface area contributed by atoms with Gasteiger partial charge in [-0.25, -0.2) is 0 Å². The number of nitrogens with one attached hydrogen (secondary N) is 1. The van der Waals surface area contributed by atoms with Gasteiger partial charge >= 0.3 is 5.97 Å². The number of rotatable bonds is 4. The highest BCUT2D eigenvalue weighted by atomic mass is 16.5. The number of anilines is 1. The molecule has 0 saturated carbocycles. The number of nitrogens with zero attached hydrogens (tertiary/aromatic N) is 2. The predicted molar refractivity (Wildman–Crippen MR) is 161 cm³/mol. The zero-order valence-electron chi connectivity index (χ0n) is 24.8. The number of likely N-dealkylation sites (tertiary alicyclic amines) is 1. The van der Waals surface area contributed by atoms with Gasteiger partial charge < -0.3 is 29.7 Å². The van der Waals surface area contributed by atoms with Gasteiger partial charge in [0.25, 0.3) is 5.91 Å². The third-order valence-electron chi connectivity index (χ3n) is 9.06. The standard InChI is InChI=1S/C34H37N3O7/c1-21-13-14-22(2)25(19-21)36-16-8-15-34-29(32(41)37(17-18-38)30(34)33(36)42)28-26(44-34)11-6-7-12-27(39)43-20-24(35-31(28)40)23-9-4-3-5-10-23/h3-6,8-11,13-15,19,24,26,28-30,38H,7,12,16-18,20H2,1-2H3,(H,35,40)/b11-6-/t24-,26+,28-,29-,30+,34-/m0/s1. The Kier molecular flexibility index (Phi) is 8.13. The van der Waals surface area contributed by atoms with Crippen LogP contribution in [0.4, 0.5) is 5.69 Å². The highest BCUT2D eigenvalue weighted by Crippen LogP contribution is 2.53. The van der Waals surface area contributed by atoms with Crippen LogP contribution in [-0.4, -0.2) is 77.7 Å². The first-order valence-corrected chi connectivity index (χ1v) is 15.1. The molecule has 10 nitrogen and oxygen atoms in total. The van der Waals surface area contributed by atoms with Crippen LogP contribution < -0.4 is 10.2 Å². The number of ether oxygens (including phenoxy) is 2. The Morgan fingerprint density at radius 2 is 1.82 bits per heavy atom. The van der Waals surface area contributed by atoms with Crippen LogP contribution in [0.1, 0.15) is 35.6 Å². The molecule has 4 aliphatic rings. The quantitative estimate of drug-likeness (QED) is 0.409. The number of cyclic esters (lactones) is 1. The number of β-amino-alcohol motifs (C(OH)–C–C–N with tert-alkyl or cyclic N) is 1. The second kappa shape index (κ2) is 12.0. The number of aryl methyl sites for hydroxylation is 2. The smallest absolute Gasteiger partial charge is 0.306 e. The number of amides is 3. The van der Waals surface area contributed by atoms with Gasteiger partial charge in [-0.15, -0.1) is 0 Å². The summed E-state index contributed by atoms with van der Waals surface area (Å²) in [5.74, 6) is -3.58. The van der Waals surface area contributed by atoms with E-state index in [-0.39, 0.29) is 44.6 Å². The predicted octanol–water partition coefficient (Wildman–Crippen LogP) is 2.53. The normalized spacial score (nSPS) is 31.2. The Morgan fingerprint density at radius 1 is 1.02 bits per heavy atom. The lowest BCUT2D eigenvalue weighted by Gasteiger charge is -2.35. The minimum Gasteiger partial charge on any atom is -0.463 e. The fourth-order valence-corrected chi connectivity index (χ4v) is 7.01. The summed E-state index contributed by atoms with van der Waals surface area (Å²) in [7, 11) is 0. The summed E-state index contributed by atoms with van der Waals surface area (Å²) in [6.45, 7) is 3.64. The number of allylic oxidation sites excluding steroid dienone is 1. The van der Waals surface area contributed by atoms with E-state index >= 15 is 0 Å². The van der Waals surface area contributed by atoms with E-state index in [4.69, 9.17) is 9.47 Å². The maximum Gasteiger partial charge on any atom is 0.306 e. The molecule has 4 heterocycles. The molecule has 0 unspecified atom stereocenters. The number of benzene rings is 2. The Labute approximate surface area is 256 Å². The van der Waals surface area contributed by atoms with E-state index in [1.54, 1.807) is 23.1 Å². The number of fused-ring (bicyclic) bond motifs is 2. The number of hydrogen-bond donors (Lipinski definition) is 2. The first-order valence-electron chi connectivity index (χ1n) is 15.1. The molecule has 0 radical (unpaired) electrons. The molecule has 230 valence electrons. The maximum atomic E-state index is 14.5. The molecule has 4 aliphatic heterocycles. The molecule has 1 spiro atoms. The summed E-state index contributed by atoms with van der Waals surface area (Å²) >= 11 is 0. The van der Waals surface area contributed by atoms with Crippen molar-refractivity contribution in [2.24, 2.45) is 11.8 Å². The van der Waals surface area contributed by atoms with Gasteiger partial charge in [0.2, 0.25) is 11.8 Å². The van der Waals surface area contributed by atoms with Crippen LogP contribution in [0.25, 0.3) is 0 Å². The van der Waals surface area contributed by atoms with Crippen LogP contribution in [0.2, 0.25) is 0 Å². The van der Waals surface area contributed by atoms with Crippen molar-refractivity contribution in [3.05, 3.63) is 89.5 Å². The topological polar surface area (TPSA) is 125 Å². The van der Waals surface area contributed by atoms with Crippen LogP contribution in [0.3, 0.4) is 0 Å². The van der Waals surface area contributed by atoms with Gasteiger partial charge in [0, 0.05) is 25.2 Å². The van der Waals surface area contributed by atoms with Gasteiger partial charge in [-0.05, 0) is 43.0 Å². The molecule has 2 aromatic carbocycles. The highest BCUT2D eigenvalue weighted by Gasteiger charge is 2.71. The zero-order valence-corrected chi connectivity index (χ0v) is 24.8. The summed E-state index contributed by atoms with van der Waals surface area (Å²) in [6.07, 6.45) is 6.76. The van der Waals surface area contributed by atoms with E-state index in [9.17, 15) is 24.3 Å². The second-order valence-corrected chi connectivity index (χ2v) is 11.9.